The fourth-order valence-corrected chi connectivity index (χ4v) is 1.26. The van der Waals surface area contributed by atoms with Gasteiger partial charge in [0.05, 0.1) is 11.5 Å². The van der Waals surface area contributed by atoms with Crippen molar-refractivity contribution in [3.63, 3.8) is 0 Å². The molecule has 0 radical (unpaired) electrons. The van der Waals surface area contributed by atoms with Crippen LogP contribution in [0.15, 0.2) is 12.3 Å². The van der Waals surface area contributed by atoms with Gasteiger partial charge in [0.25, 0.3) is 5.88 Å². The maximum Gasteiger partial charge on any atom is 0.331 e. The summed E-state index contributed by atoms with van der Waals surface area (Å²) in [6.45, 7) is 2.31. The summed E-state index contributed by atoms with van der Waals surface area (Å²) in [5.74, 6) is 0.699. The van der Waals surface area contributed by atoms with Gasteiger partial charge in [0.1, 0.15) is 0 Å². The van der Waals surface area contributed by atoms with Crippen LogP contribution in [0.1, 0.15) is 18.4 Å². The van der Waals surface area contributed by atoms with Crippen molar-refractivity contribution in [2.45, 2.75) is 19.8 Å². The maximum absolute atomic E-state index is 10.7. The SMILES string of the molecule is Cc1cnc(OCC2CC2)c([N+](=O)[O-])c1. The number of hydrogen-bond acceptors (Lipinski definition) is 4. The minimum absolute atomic E-state index is 0.0457. The van der Waals surface area contributed by atoms with Crippen LogP contribution in [0.5, 0.6) is 5.88 Å². The Bertz CT molecular complexity index is 388. The molecule has 1 aromatic heterocycles. The highest BCUT2D eigenvalue weighted by molar-refractivity contribution is 5.42. The van der Waals surface area contributed by atoms with Crippen molar-refractivity contribution in [2.75, 3.05) is 6.61 Å². The first-order valence-corrected chi connectivity index (χ1v) is 4.90. The molecule has 80 valence electrons. The van der Waals surface area contributed by atoms with Gasteiger partial charge in [-0.3, -0.25) is 10.1 Å². The van der Waals surface area contributed by atoms with Crippen molar-refractivity contribution in [1.29, 1.82) is 0 Å². The van der Waals surface area contributed by atoms with Crippen molar-refractivity contribution in [3.8, 4) is 5.88 Å². The highest BCUT2D eigenvalue weighted by atomic mass is 16.6. The van der Waals surface area contributed by atoms with E-state index in [0.29, 0.717) is 12.5 Å². The second-order valence-electron chi connectivity index (χ2n) is 3.85. The van der Waals surface area contributed by atoms with Crippen LogP contribution < -0.4 is 4.74 Å². The lowest BCUT2D eigenvalue weighted by Crippen LogP contribution is -2.04. The summed E-state index contributed by atoms with van der Waals surface area (Å²) in [4.78, 5) is 14.2. The van der Waals surface area contributed by atoms with Crippen LogP contribution in [0, 0.1) is 23.0 Å². The molecule has 5 nitrogen and oxygen atoms in total. The van der Waals surface area contributed by atoms with Crippen LogP contribution >= 0.6 is 0 Å². The topological polar surface area (TPSA) is 65.3 Å². The second kappa shape index (κ2) is 3.84. The zero-order valence-corrected chi connectivity index (χ0v) is 8.47. The normalized spacial score (nSPS) is 15.0. The van der Waals surface area contributed by atoms with E-state index >= 15 is 0 Å². The number of rotatable bonds is 4. The van der Waals surface area contributed by atoms with Gasteiger partial charge in [0.15, 0.2) is 0 Å². The van der Waals surface area contributed by atoms with Gasteiger partial charge in [-0.05, 0) is 31.2 Å². The van der Waals surface area contributed by atoms with Crippen molar-refractivity contribution in [2.24, 2.45) is 5.92 Å². The molecule has 1 aliphatic carbocycles. The summed E-state index contributed by atoms with van der Waals surface area (Å²) < 4.78 is 5.32. The largest absolute Gasteiger partial charge is 0.473 e. The van der Waals surface area contributed by atoms with Gasteiger partial charge in [0, 0.05) is 12.3 Å². The molecule has 1 aromatic rings. The van der Waals surface area contributed by atoms with E-state index < -0.39 is 4.92 Å². The Hall–Kier alpha value is -1.65. The summed E-state index contributed by atoms with van der Waals surface area (Å²) in [7, 11) is 0. The van der Waals surface area contributed by atoms with Gasteiger partial charge in [-0.15, -0.1) is 0 Å². The van der Waals surface area contributed by atoms with E-state index in [2.05, 4.69) is 4.98 Å². The number of nitro groups is 1. The Morgan fingerprint density at radius 3 is 3.00 bits per heavy atom. The smallest absolute Gasteiger partial charge is 0.331 e. The molecule has 0 aliphatic heterocycles. The molecule has 15 heavy (non-hydrogen) atoms. The number of aryl methyl sites for hydroxylation is 1. The Kier molecular flexibility index (Phi) is 2.53. The average Bonchev–Trinajstić information content (AvgIpc) is 2.99. The standard InChI is InChI=1S/C10H12N2O3/c1-7-4-9(12(13)14)10(11-5-7)15-6-8-2-3-8/h4-5,8H,2-3,6H2,1H3. The van der Waals surface area contributed by atoms with Gasteiger partial charge in [0.2, 0.25) is 0 Å². The number of ether oxygens (including phenoxy) is 1. The van der Waals surface area contributed by atoms with E-state index in [1.807, 2.05) is 0 Å². The van der Waals surface area contributed by atoms with Gasteiger partial charge < -0.3 is 4.74 Å². The summed E-state index contributed by atoms with van der Waals surface area (Å²) in [5, 5.41) is 10.7. The van der Waals surface area contributed by atoms with Crippen LogP contribution in [0.4, 0.5) is 5.69 Å². The van der Waals surface area contributed by atoms with E-state index in [1.54, 1.807) is 13.1 Å². The predicted octanol–water partition coefficient (Wildman–Crippen LogP) is 2.09. The van der Waals surface area contributed by atoms with E-state index in [4.69, 9.17) is 4.74 Å². The van der Waals surface area contributed by atoms with Crippen molar-refractivity contribution >= 4 is 5.69 Å². The van der Waals surface area contributed by atoms with E-state index in [9.17, 15) is 10.1 Å². The van der Waals surface area contributed by atoms with Crippen molar-refractivity contribution < 1.29 is 9.66 Å². The van der Waals surface area contributed by atoms with E-state index in [1.165, 1.54) is 6.07 Å². The molecule has 0 amide bonds. The van der Waals surface area contributed by atoms with Crippen LogP contribution in [0.25, 0.3) is 0 Å². The maximum atomic E-state index is 10.7. The quantitative estimate of drug-likeness (QED) is 0.561. The summed E-state index contributed by atoms with van der Waals surface area (Å²) >= 11 is 0. The summed E-state index contributed by atoms with van der Waals surface area (Å²) in [5.41, 5.74) is 0.719. The first-order valence-electron chi connectivity index (χ1n) is 4.90. The van der Waals surface area contributed by atoms with Crippen LogP contribution in [0.3, 0.4) is 0 Å². The molecule has 0 unspecified atom stereocenters. The van der Waals surface area contributed by atoms with Gasteiger partial charge >= 0.3 is 5.69 Å². The summed E-state index contributed by atoms with van der Waals surface area (Å²) in [6.07, 6.45) is 3.88. The number of hydrogen-bond donors (Lipinski definition) is 0. The molecule has 0 spiro atoms. The van der Waals surface area contributed by atoms with E-state index in [0.717, 1.165) is 18.4 Å². The first-order chi connectivity index (χ1) is 7.16. The highest BCUT2D eigenvalue weighted by Crippen LogP contribution is 2.31. The van der Waals surface area contributed by atoms with Crippen LogP contribution in [-0.4, -0.2) is 16.5 Å². The molecule has 1 aliphatic rings. The molecule has 5 heteroatoms. The number of nitrogens with zero attached hydrogens (tertiary/aromatic N) is 2. The molecule has 1 fully saturated rings. The lowest BCUT2D eigenvalue weighted by atomic mass is 10.3. The Morgan fingerprint density at radius 1 is 1.67 bits per heavy atom. The lowest BCUT2D eigenvalue weighted by molar-refractivity contribution is -0.386. The molecule has 1 saturated carbocycles. The van der Waals surface area contributed by atoms with Crippen molar-refractivity contribution in [3.05, 3.63) is 27.9 Å². The highest BCUT2D eigenvalue weighted by Gasteiger charge is 2.24. The van der Waals surface area contributed by atoms with Crippen LogP contribution in [-0.2, 0) is 0 Å². The Morgan fingerprint density at radius 2 is 2.40 bits per heavy atom. The monoisotopic (exact) mass is 208 g/mol. The third-order valence-corrected chi connectivity index (χ3v) is 2.32. The van der Waals surface area contributed by atoms with Gasteiger partial charge in [-0.25, -0.2) is 4.98 Å². The predicted molar refractivity (Wildman–Crippen MR) is 53.8 cm³/mol. The Labute approximate surface area is 87.2 Å². The third-order valence-electron chi connectivity index (χ3n) is 2.32. The second-order valence-corrected chi connectivity index (χ2v) is 3.85. The summed E-state index contributed by atoms with van der Waals surface area (Å²) in [6, 6.07) is 1.48. The van der Waals surface area contributed by atoms with Crippen LogP contribution in [0.2, 0.25) is 0 Å². The third kappa shape index (κ3) is 2.43. The fourth-order valence-electron chi connectivity index (χ4n) is 1.26. The minimum Gasteiger partial charge on any atom is -0.473 e. The average molecular weight is 208 g/mol. The molecule has 0 aromatic carbocycles. The van der Waals surface area contributed by atoms with Crippen molar-refractivity contribution in [1.82, 2.24) is 4.98 Å². The Balaban J connectivity index is 2.15. The van der Waals surface area contributed by atoms with E-state index in [-0.39, 0.29) is 11.6 Å². The molecule has 0 bridgehead atoms. The first kappa shape index (κ1) is 9.89. The zero-order chi connectivity index (χ0) is 10.8. The molecular weight excluding hydrogens is 196 g/mol. The van der Waals surface area contributed by atoms with Gasteiger partial charge in [-0.1, -0.05) is 0 Å². The molecule has 0 N–H and O–H groups in total. The molecule has 0 atom stereocenters. The van der Waals surface area contributed by atoms with Gasteiger partial charge in [-0.2, -0.15) is 0 Å². The fraction of sp³-hybridized carbons (Fsp3) is 0.500. The lowest BCUT2D eigenvalue weighted by Gasteiger charge is -2.04. The molecule has 0 saturated heterocycles. The minimum atomic E-state index is -0.456. The molecular formula is C10H12N2O3. The number of pyridine rings is 1. The zero-order valence-electron chi connectivity index (χ0n) is 8.47. The molecule has 1 heterocycles. The number of aromatic nitrogens is 1. The molecule has 2 rings (SSSR count).